The van der Waals surface area contributed by atoms with E-state index in [1.54, 1.807) is 0 Å². The maximum atomic E-state index is 12.2. The first-order valence-electron chi connectivity index (χ1n) is 5.90. The van der Waals surface area contributed by atoms with Crippen molar-refractivity contribution in [2.75, 3.05) is 32.0 Å². The van der Waals surface area contributed by atoms with E-state index in [4.69, 9.17) is 10.5 Å². The number of anilines is 1. The molecule has 0 saturated carbocycles. The molecule has 1 amide bonds. The molecule has 1 fully saturated rings. The molecule has 1 aliphatic heterocycles. The fourth-order valence-electron chi connectivity index (χ4n) is 1.88. The highest BCUT2D eigenvalue weighted by Crippen LogP contribution is 2.31. The number of carbonyl (C=O) groups excluding carboxylic acids is 1. The summed E-state index contributed by atoms with van der Waals surface area (Å²) in [6.45, 7) is 1.54. The molecule has 0 unspecified atom stereocenters. The molecule has 8 heteroatoms. The smallest absolute Gasteiger partial charge is 0.404 e. The number of halogens is 3. The van der Waals surface area contributed by atoms with Crippen LogP contribution in [0.1, 0.15) is 10.4 Å². The van der Waals surface area contributed by atoms with Gasteiger partial charge in [-0.1, -0.05) is 6.07 Å². The van der Waals surface area contributed by atoms with Crippen molar-refractivity contribution >= 4 is 11.6 Å². The molecule has 1 aromatic rings. The van der Waals surface area contributed by atoms with Gasteiger partial charge in [0.15, 0.2) is 5.75 Å². The second kappa shape index (κ2) is 5.58. The summed E-state index contributed by atoms with van der Waals surface area (Å²) in [4.78, 5) is 13.7. The van der Waals surface area contributed by atoms with E-state index in [0.29, 0.717) is 26.3 Å². The number of nitrogens with zero attached hydrogens (tertiary/aromatic N) is 1. The Labute approximate surface area is 113 Å². The van der Waals surface area contributed by atoms with Crippen LogP contribution in [0.4, 0.5) is 18.9 Å². The van der Waals surface area contributed by atoms with Crippen LogP contribution in [0.3, 0.4) is 0 Å². The number of hydrogen-bond donors (Lipinski definition) is 1. The molecule has 20 heavy (non-hydrogen) atoms. The molecular formula is C12H13F3N2O3. The van der Waals surface area contributed by atoms with Crippen molar-refractivity contribution in [2.24, 2.45) is 0 Å². The summed E-state index contributed by atoms with van der Waals surface area (Å²) >= 11 is 0. The molecule has 1 aliphatic rings. The van der Waals surface area contributed by atoms with Crippen LogP contribution in [0.25, 0.3) is 0 Å². The van der Waals surface area contributed by atoms with E-state index in [0.717, 1.165) is 6.07 Å². The highest BCUT2D eigenvalue weighted by molar-refractivity contribution is 6.00. The minimum Gasteiger partial charge on any atom is -0.404 e. The quantitative estimate of drug-likeness (QED) is 0.841. The lowest BCUT2D eigenvalue weighted by molar-refractivity contribution is -0.274. The molecule has 2 N–H and O–H groups in total. The minimum atomic E-state index is -4.85. The van der Waals surface area contributed by atoms with E-state index >= 15 is 0 Å². The summed E-state index contributed by atoms with van der Waals surface area (Å²) in [7, 11) is 0. The molecule has 0 aromatic heterocycles. The average molecular weight is 290 g/mol. The summed E-state index contributed by atoms with van der Waals surface area (Å²) in [5, 5.41) is 0. The number of rotatable bonds is 2. The molecule has 0 atom stereocenters. The van der Waals surface area contributed by atoms with Gasteiger partial charge in [0.1, 0.15) is 0 Å². The third-order valence-electron chi connectivity index (χ3n) is 2.82. The number of hydrogen-bond acceptors (Lipinski definition) is 4. The molecule has 0 radical (unpaired) electrons. The van der Waals surface area contributed by atoms with Gasteiger partial charge in [0.25, 0.3) is 5.91 Å². The first kappa shape index (κ1) is 14.4. The number of nitrogen functional groups attached to an aromatic ring is 1. The van der Waals surface area contributed by atoms with Gasteiger partial charge in [-0.15, -0.1) is 13.2 Å². The summed E-state index contributed by atoms with van der Waals surface area (Å²) in [6.07, 6.45) is -4.85. The van der Waals surface area contributed by atoms with Gasteiger partial charge < -0.3 is 20.1 Å². The molecule has 2 rings (SSSR count). The fourth-order valence-corrected chi connectivity index (χ4v) is 1.88. The first-order chi connectivity index (χ1) is 9.38. The zero-order chi connectivity index (χ0) is 14.8. The number of benzene rings is 1. The van der Waals surface area contributed by atoms with Crippen molar-refractivity contribution in [1.29, 1.82) is 0 Å². The summed E-state index contributed by atoms with van der Waals surface area (Å²) in [5.74, 6) is -1.00. The van der Waals surface area contributed by atoms with E-state index in [-0.39, 0.29) is 11.3 Å². The van der Waals surface area contributed by atoms with Crippen molar-refractivity contribution < 1.29 is 27.4 Å². The van der Waals surface area contributed by atoms with Gasteiger partial charge in [-0.2, -0.15) is 0 Å². The van der Waals surface area contributed by atoms with Crippen LogP contribution in [0.2, 0.25) is 0 Å². The van der Waals surface area contributed by atoms with Crippen LogP contribution >= 0.6 is 0 Å². The number of amides is 1. The van der Waals surface area contributed by atoms with Gasteiger partial charge in [-0.05, 0) is 12.1 Å². The third kappa shape index (κ3) is 3.32. The normalized spacial score (nSPS) is 16.1. The van der Waals surface area contributed by atoms with Crippen molar-refractivity contribution in [3.05, 3.63) is 23.8 Å². The Bertz CT molecular complexity index is 499. The SMILES string of the molecule is Nc1c(OC(F)(F)F)cccc1C(=O)N1CCOCC1. The minimum absolute atomic E-state index is 0.00588. The second-order valence-corrected chi connectivity index (χ2v) is 4.17. The highest BCUT2D eigenvalue weighted by Gasteiger charge is 2.33. The predicted octanol–water partition coefficient (Wildman–Crippen LogP) is 1.64. The van der Waals surface area contributed by atoms with Crippen LogP contribution < -0.4 is 10.5 Å². The fraction of sp³-hybridized carbons (Fsp3) is 0.417. The van der Waals surface area contributed by atoms with Gasteiger partial charge in [0.05, 0.1) is 24.5 Å². The molecule has 1 heterocycles. The Morgan fingerprint density at radius 2 is 1.95 bits per heavy atom. The lowest BCUT2D eigenvalue weighted by atomic mass is 10.1. The van der Waals surface area contributed by atoms with Crippen LogP contribution in [0.5, 0.6) is 5.75 Å². The van der Waals surface area contributed by atoms with Gasteiger partial charge in [-0.3, -0.25) is 4.79 Å². The number of alkyl halides is 3. The van der Waals surface area contributed by atoms with E-state index in [9.17, 15) is 18.0 Å². The maximum Gasteiger partial charge on any atom is 0.573 e. The number of para-hydroxylation sites is 1. The Morgan fingerprint density at radius 1 is 1.30 bits per heavy atom. The maximum absolute atomic E-state index is 12.2. The summed E-state index contributed by atoms with van der Waals surface area (Å²) in [6, 6.07) is 3.74. The Morgan fingerprint density at radius 3 is 2.55 bits per heavy atom. The molecule has 0 spiro atoms. The molecule has 0 bridgehead atoms. The van der Waals surface area contributed by atoms with E-state index in [1.165, 1.54) is 17.0 Å². The Kier molecular flexibility index (Phi) is 4.03. The van der Waals surface area contributed by atoms with E-state index in [1.807, 2.05) is 0 Å². The summed E-state index contributed by atoms with van der Waals surface area (Å²) in [5.41, 5.74) is 5.27. The van der Waals surface area contributed by atoms with Gasteiger partial charge in [-0.25, -0.2) is 0 Å². The van der Waals surface area contributed by atoms with E-state index in [2.05, 4.69) is 4.74 Å². The number of ether oxygens (including phenoxy) is 2. The zero-order valence-corrected chi connectivity index (χ0v) is 10.4. The predicted molar refractivity (Wildman–Crippen MR) is 64.3 cm³/mol. The zero-order valence-electron chi connectivity index (χ0n) is 10.4. The van der Waals surface area contributed by atoms with Crippen molar-refractivity contribution in [3.63, 3.8) is 0 Å². The lowest BCUT2D eigenvalue weighted by Crippen LogP contribution is -2.41. The highest BCUT2D eigenvalue weighted by atomic mass is 19.4. The monoisotopic (exact) mass is 290 g/mol. The van der Waals surface area contributed by atoms with Crippen molar-refractivity contribution in [2.45, 2.75) is 6.36 Å². The van der Waals surface area contributed by atoms with Gasteiger partial charge in [0.2, 0.25) is 0 Å². The number of morpholine rings is 1. The third-order valence-corrected chi connectivity index (χ3v) is 2.82. The Hall–Kier alpha value is -1.96. The topological polar surface area (TPSA) is 64.8 Å². The number of nitrogens with two attached hydrogens (primary N) is 1. The van der Waals surface area contributed by atoms with Crippen molar-refractivity contribution in [1.82, 2.24) is 4.90 Å². The second-order valence-electron chi connectivity index (χ2n) is 4.17. The first-order valence-corrected chi connectivity index (χ1v) is 5.90. The molecule has 110 valence electrons. The standard InChI is InChI=1S/C12H13F3N2O3/c13-12(14,15)20-9-3-1-2-8(10(9)16)11(18)17-4-6-19-7-5-17/h1-3H,4-7,16H2. The molecule has 1 saturated heterocycles. The van der Waals surface area contributed by atoms with Crippen LogP contribution in [-0.2, 0) is 4.74 Å². The Balaban J connectivity index is 2.23. The van der Waals surface area contributed by atoms with Gasteiger partial charge in [0, 0.05) is 13.1 Å². The van der Waals surface area contributed by atoms with E-state index < -0.39 is 18.0 Å². The summed E-state index contributed by atoms with van der Waals surface area (Å²) < 4.78 is 45.6. The number of carbonyl (C=O) groups is 1. The average Bonchev–Trinajstić information content (AvgIpc) is 2.40. The van der Waals surface area contributed by atoms with Crippen LogP contribution in [-0.4, -0.2) is 43.5 Å². The van der Waals surface area contributed by atoms with Crippen LogP contribution in [0, 0.1) is 0 Å². The molecule has 1 aromatic carbocycles. The lowest BCUT2D eigenvalue weighted by Gasteiger charge is -2.27. The van der Waals surface area contributed by atoms with Crippen LogP contribution in [0.15, 0.2) is 18.2 Å². The molecule has 0 aliphatic carbocycles. The largest absolute Gasteiger partial charge is 0.573 e. The van der Waals surface area contributed by atoms with Crippen molar-refractivity contribution in [3.8, 4) is 5.75 Å². The van der Waals surface area contributed by atoms with Gasteiger partial charge >= 0.3 is 6.36 Å². The molecule has 5 nitrogen and oxygen atoms in total. The molecular weight excluding hydrogens is 277 g/mol.